The van der Waals surface area contributed by atoms with Crippen LogP contribution in [0.5, 0.6) is 5.75 Å². The third-order valence-electron chi connectivity index (χ3n) is 2.60. The average Bonchev–Trinajstić information content (AvgIpc) is 2.39. The molecule has 0 aliphatic carbocycles. The number of hydrogen-bond donors (Lipinski definition) is 1. The molecule has 0 bridgehead atoms. The highest BCUT2D eigenvalue weighted by Gasteiger charge is 2.09. The first-order chi connectivity index (χ1) is 9.40. The minimum Gasteiger partial charge on any atom is -0.493 e. The molecule has 0 spiro atoms. The smallest absolute Gasteiger partial charge is 0.225 e. The van der Waals surface area contributed by atoms with Crippen molar-refractivity contribution in [2.75, 3.05) is 20.2 Å². The lowest BCUT2D eigenvalue weighted by Gasteiger charge is -2.16. The Bertz CT molecular complexity index is 499. The highest BCUT2D eigenvalue weighted by atomic mass is 79.9. The van der Waals surface area contributed by atoms with Crippen molar-refractivity contribution in [1.82, 2.24) is 4.90 Å². The van der Waals surface area contributed by atoms with E-state index in [2.05, 4.69) is 15.9 Å². The monoisotopic (exact) mass is 362 g/mol. The number of benzene rings is 1. The topological polar surface area (TPSA) is 55.6 Å². The molecule has 0 heterocycles. The number of amides is 1. The second-order valence-electron chi connectivity index (χ2n) is 4.21. The molecule has 0 atom stereocenters. The Morgan fingerprint density at radius 2 is 2.20 bits per heavy atom. The summed E-state index contributed by atoms with van der Waals surface area (Å²) in [6.45, 7) is 0.727. The lowest BCUT2D eigenvalue weighted by molar-refractivity contribution is -0.130. The van der Waals surface area contributed by atoms with E-state index in [0.717, 1.165) is 0 Å². The Morgan fingerprint density at radius 3 is 2.80 bits per heavy atom. The summed E-state index contributed by atoms with van der Waals surface area (Å²) in [5.41, 5.74) is 5.38. The van der Waals surface area contributed by atoms with Crippen molar-refractivity contribution >= 4 is 39.0 Å². The summed E-state index contributed by atoms with van der Waals surface area (Å²) >= 11 is 7.82. The first kappa shape index (κ1) is 16.8. The van der Waals surface area contributed by atoms with Crippen LogP contribution in [0.15, 0.2) is 22.7 Å². The Kier molecular flexibility index (Phi) is 6.87. The van der Waals surface area contributed by atoms with Gasteiger partial charge in [0.1, 0.15) is 11.6 Å². The summed E-state index contributed by atoms with van der Waals surface area (Å²) in [5, 5.41) is 0. The first-order valence-corrected chi connectivity index (χ1v) is 7.20. The van der Waals surface area contributed by atoms with Gasteiger partial charge in [-0.2, -0.15) is 0 Å². The summed E-state index contributed by atoms with van der Waals surface area (Å²) in [7, 11) is 1.69. The Hall–Kier alpha value is -1.21. The Morgan fingerprint density at radius 1 is 1.50 bits per heavy atom. The third-order valence-corrected chi connectivity index (χ3v) is 3.41. The molecule has 1 aromatic carbocycles. The highest BCUT2D eigenvalue weighted by Crippen LogP contribution is 2.21. The van der Waals surface area contributed by atoms with Crippen molar-refractivity contribution < 1.29 is 13.9 Å². The molecule has 0 aliphatic heterocycles. The fourth-order valence-electron chi connectivity index (χ4n) is 1.42. The van der Waals surface area contributed by atoms with Crippen molar-refractivity contribution in [1.29, 1.82) is 0 Å². The average molecular weight is 363 g/mol. The summed E-state index contributed by atoms with van der Waals surface area (Å²) in [4.78, 5) is 13.7. The number of hydrogen-bond acceptors (Lipinski definition) is 3. The van der Waals surface area contributed by atoms with Crippen molar-refractivity contribution in [2.24, 2.45) is 5.73 Å². The van der Waals surface area contributed by atoms with Gasteiger partial charge >= 0.3 is 0 Å². The second-order valence-corrected chi connectivity index (χ2v) is 5.58. The van der Waals surface area contributed by atoms with Crippen LogP contribution in [0.3, 0.4) is 0 Å². The van der Waals surface area contributed by atoms with E-state index in [1.54, 1.807) is 11.9 Å². The zero-order chi connectivity index (χ0) is 15.1. The zero-order valence-electron chi connectivity index (χ0n) is 11.1. The molecular formula is C13H16BrFN2O2S. The molecule has 1 rings (SSSR count). The van der Waals surface area contributed by atoms with Gasteiger partial charge in [-0.3, -0.25) is 4.79 Å². The van der Waals surface area contributed by atoms with Gasteiger partial charge in [-0.1, -0.05) is 12.2 Å². The lowest BCUT2D eigenvalue weighted by atomic mass is 10.3. The molecule has 0 radical (unpaired) electrons. The molecule has 110 valence electrons. The number of thiocarbonyl (C=S) groups is 1. The minimum atomic E-state index is -0.356. The van der Waals surface area contributed by atoms with E-state index in [1.165, 1.54) is 18.2 Å². The predicted octanol–water partition coefficient (Wildman–Crippen LogP) is 2.49. The molecule has 0 saturated heterocycles. The van der Waals surface area contributed by atoms with Gasteiger partial charge in [0.15, 0.2) is 0 Å². The van der Waals surface area contributed by atoms with Crippen LogP contribution in [0.4, 0.5) is 4.39 Å². The van der Waals surface area contributed by atoms with E-state index in [4.69, 9.17) is 22.7 Å². The summed E-state index contributed by atoms with van der Waals surface area (Å²) < 4.78 is 18.7. The van der Waals surface area contributed by atoms with E-state index in [9.17, 15) is 9.18 Å². The SMILES string of the molecule is CN(CCC(N)=S)C(=O)CCOc1ccc(F)c(Br)c1. The second kappa shape index (κ2) is 8.16. The van der Waals surface area contributed by atoms with Crippen LogP contribution in [0.1, 0.15) is 12.8 Å². The van der Waals surface area contributed by atoms with Gasteiger partial charge in [0, 0.05) is 20.0 Å². The molecule has 2 N–H and O–H groups in total. The van der Waals surface area contributed by atoms with Gasteiger partial charge in [0.2, 0.25) is 5.91 Å². The summed E-state index contributed by atoms with van der Waals surface area (Å²) in [6, 6.07) is 4.34. The van der Waals surface area contributed by atoms with Crippen LogP contribution >= 0.6 is 28.1 Å². The number of nitrogens with zero attached hydrogens (tertiary/aromatic N) is 1. The van der Waals surface area contributed by atoms with Crippen molar-refractivity contribution in [2.45, 2.75) is 12.8 Å². The van der Waals surface area contributed by atoms with Crippen LogP contribution in [-0.2, 0) is 4.79 Å². The predicted molar refractivity (Wildman–Crippen MR) is 83.3 cm³/mol. The van der Waals surface area contributed by atoms with Crippen LogP contribution in [-0.4, -0.2) is 36.0 Å². The molecular weight excluding hydrogens is 347 g/mol. The maximum absolute atomic E-state index is 13.0. The van der Waals surface area contributed by atoms with Crippen molar-refractivity contribution in [3.05, 3.63) is 28.5 Å². The fraction of sp³-hybridized carbons (Fsp3) is 0.385. The van der Waals surface area contributed by atoms with Crippen LogP contribution in [0, 0.1) is 5.82 Å². The van der Waals surface area contributed by atoms with E-state index in [-0.39, 0.29) is 24.8 Å². The molecule has 1 amide bonds. The largest absolute Gasteiger partial charge is 0.493 e. The molecule has 0 aromatic heterocycles. The number of carbonyl (C=O) groups excluding carboxylic acids is 1. The van der Waals surface area contributed by atoms with Gasteiger partial charge in [0.05, 0.1) is 22.5 Å². The van der Waals surface area contributed by atoms with E-state index in [0.29, 0.717) is 28.2 Å². The van der Waals surface area contributed by atoms with E-state index in [1.807, 2.05) is 0 Å². The van der Waals surface area contributed by atoms with Crippen molar-refractivity contribution in [3.63, 3.8) is 0 Å². The lowest BCUT2D eigenvalue weighted by Crippen LogP contribution is -2.30. The van der Waals surface area contributed by atoms with E-state index >= 15 is 0 Å². The molecule has 0 aliphatic rings. The van der Waals surface area contributed by atoms with Gasteiger partial charge in [-0.15, -0.1) is 0 Å². The number of ether oxygens (including phenoxy) is 1. The normalized spacial score (nSPS) is 10.2. The number of nitrogens with two attached hydrogens (primary N) is 1. The molecule has 0 unspecified atom stereocenters. The van der Waals surface area contributed by atoms with Gasteiger partial charge in [-0.05, 0) is 34.1 Å². The summed E-state index contributed by atoms with van der Waals surface area (Å²) in [5.74, 6) is 0.102. The van der Waals surface area contributed by atoms with E-state index < -0.39 is 0 Å². The first-order valence-electron chi connectivity index (χ1n) is 6.00. The van der Waals surface area contributed by atoms with Gasteiger partial charge in [0.25, 0.3) is 0 Å². The molecule has 4 nitrogen and oxygen atoms in total. The quantitative estimate of drug-likeness (QED) is 0.757. The highest BCUT2D eigenvalue weighted by molar-refractivity contribution is 9.10. The number of carbonyl (C=O) groups is 1. The van der Waals surface area contributed by atoms with Crippen LogP contribution < -0.4 is 10.5 Å². The minimum absolute atomic E-state index is 0.0533. The maximum Gasteiger partial charge on any atom is 0.225 e. The molecule has 0 fully saturated rings. The molecule has 1 aromatic rings. The van der Waals surface area contributed by atoms with Gasteiger partial charge < -0.3 is 15.4 Å². The Balaban J connectivity index is 2.34. The number of rotatable bonds is 7. The molecule has 7 heteroatoms. The van der Waals surface area contributed by atoms with Crippen LogP contribution in [0.2, 0.25) is 0 Å². The Labute approximate surface area is 131 Å². The van der Waals surface area contributed by atoms with Crippen molar-refractivity contribution in [3.8, 4) is 5.75 Å². The number of halogens is 2. The standard InChI is InChI=1S/C13H16BrFN2O2S/c1-17(6-4-12(16)20)13(18)5-7-19-9-2-3-11(15)10(14)8-9/h2-3,8H,4-7H2,1H3,(H2,16,20). The van der Waals surface area contributed by atoms with Crippen LogP contribution in [0.25, 0.3) is 0 Å². The molecule has 0 saturated carbocycles. The van der Waals surface area contributed by atoms with Gasteiger partial charge in [-0.25, -0.2) is 4.39 Å². The zero-order valence-corrected chi connectivity index (χ0v) is 13.5. The summed E-state index contributed by atoms with van der Waals surface area (Å²) in [6.07, 6.45) is 0.742. The third kappa shape index (κ3) is 5.83. The fourth-order valence-corrected chi connectivity index (χ4v) is 1.87. The maximum atomic E-state index is 13.0. The molecule has 20 heavy (non-hydrogen) atoms.